The van der Waals surface area contributed by atoms with Gasteiger partial charge in [0.2, 0.25) is 5.91 Å². The van der Waals surface area contributed by atoms with Gasteiger partial charge < -0.3 is 14.4 Å². The fourth-order valence-electron chi connectivity index (χ4n) is 4.13. The molecule has 3 aliphatic rings. The van der Waals surface area contributed by atoms with Crippen LogP contribution in [0.15, 0.2) is 23.9 Å². The maximum atomic E-state index is 12.5. The summed E-state index contributed by atoms with van der Waals surface area (Å²) in [4.78, 5) is 23.0. The molecule has 2 saturated heterocycles. The van der Waals surface area contributed by atoms with Crippen molar-refractivity contribution in [2.24, 2.45) is 0 Å². The van der Waals surface area contributed by atoms with Crippen molar-refractivity contribution in [1.82, 2.24) is 14.9 Å². The van der Waals surface area contributed by atoms with E-state index in [1.165, 1.54) is 18.4 Å². The van der Waals surface area contributed by atoms with Gasteiger partial charge in [-0.05, 0) is 38.7 Å². The molecular formula is C20H27N3O3. The number of carbonyl (C=O) groups is 1. The van der Waals surface area contributed by atoms with Gasteiger partial charge in [-0.1, -0.05) is 11.6 Å². The Morgan fingerprint density at radius 2 is 2.31 bits per heavy atom. The Morgan fingerprint density at radius 1 is 1.42 bits per heavy atom. The molecule has 6 nitrogen and oxygen atoms in total. The van der Waals surface area contributed by atoms with Crippen molar-refractivity contribution < 1.29 is 14.3 Å². The lowest BCUT2D eigenvalue weighted by atomic mass is 9.84. The Labute approximate surface area is 154 Å². The van der Waals surface area contributed by atoms with Crippen LogP contribution >= 0.6 is 0 Å². The van der Waals surface area contributed by atoms with Crippen LogP contribution in [0, 0.1) is 6.92 Å². The molecular weight excluding hydrogens is 330 g/mol. The number of aromatic nitrogens is 2. The van der Waals surface area contributed by atoms with E-state index in [-0.39, 0.29) is 17.6 Å². The molecule has 4 rings (SSSR count). The van der Waals surface area contributed by atoms with Gasteiger partial charge in [0.15, 0.2) is 0 Å². The van der Waals surface area contributed by atoms with Crippen molar-refractivity contribution >= 4 is 5.91 Å². The molecule has 1 atom stereocenters. The minimum atomic E-state index is -0.247. The number of carbonyl (C=O) groups excluding carboxylic acids is 1. The molecule has 2 fully saturated rings. The summed E-state index contributed by atoms with van der Waals surface area (Å²) in [6.45, 7) is 3.93. The standard InChI is InChI=1S/C20H27N3O3/c1-15-7-9-21-19(22-15)26-17-8-10-25-20(12-17)13-23(14-20)18(24)11-16-5-3-2-4-6-16/h5,7,9,17H,2-4,6,8,10-14H2,1H3/t17-/m1/s1. The Morgan fingerprint density at radius 3 is 3.08 bits per heavy atom. The van der Waals surface area contributed by atoms with E-state index in [9.17, 15) is 4.79 Å². The maximum Gasteiger partial charge on any atom is 0.316 e. The molecule has 1 amide bonds. The molecule has 0 bridgehead atoms. The second-order valence-corrected chi connectivity index (χ2v) is 7.78. The van der Waals surface area contributed by atoms with Crippen molar-refractivity contribution in [2.75, 3.05) is 19.7 Å². The van der Waals surface area contributed by atoms with Crippen LogP contribution in [0.2, 0.25) is 0 Å². The molecule has 1 aliphatic carbocycles. The monoisotopic (exact) mass is 357 g/mol. The Kier molecular flexibility index (Phi) is 4.94. The molecule has 1 spiro atoms. The summed E-state index contributed by atoms with van der Waals surface area (Å²) in [6, 6.07) is 2.29. The highest BCUT2D eigenvalue weighted by molar-refractivity contribution is 5.80. The summed E-state index contributed by atoms with van der Waals surface area (Å²) in [5, 5.41) is 0. The average molecular weight is 357 g/mol. The van der Waals surface area contributed by atoms with Crippen LogP contribution < -0.4 is 4.74 Å². The first-order chi connectivity index (χ1) is 12.6. The Hall–Kier alpha value is -1.95. The highest BCUT2D eigenvalue weighted by Crippen LogP contribution is 2.36. The zero-order valence-corrected chi connectivity index (χ0v) is 15.4. The van der Waals surface area contributed by atoms with Crippen molar-refractivity contribution in [3.05, 3.63) is 29.6 Å². The van der Waals surface area contributed by atoms with Gasteiger partial charge in [0.05, 0.1) is 19.7 Å². The fraction of sp³-hybridized carbons (Fsp3) is 0.650. The first kappa shape index (κ1) is 17.5. The van der Waals surface area contributed by atoms with E-state index in [2.05, 4.69) is 16.0 Å². The number of likely N-dealkylation sites (tertiary alicyclic amines) is 1. The zero-order valence-electron chi connectivity index (χ0n) is 15.4. The number of allylic oxidation sites excluding steroid dienone is 1. The third kappa shape index (κ3) is 3.90. The summed E-state index contributed by atoms with van der Waals surface area (Å²) in [5.41, 5.74) is 1.96. The van der Waals surface area contributed by atoms with Gasteiger partial charge in [-0.15, -0.1) is 0 Å². The van der Waals surface area contributed by atoms with Crippen LogP contribution in [-0.4, -0.2) is 52.2 Å². The first-order valence-corrected chi connectivity index (χ1v) is 9.68. The van der Waals surface area contributed by atoms with E-state index < -0.39 is 0 Å². The molecule has 0 radical (unpaired) electrons. The molecule has 0 unspecified atom stereocenters. The van der Waals surface area contributed by atoms with Crippen LogP contribution in [0.3, 0.4) is 0 Å². The number of amides is 1. The van der Waals surface area contributed by atoms with Gasteiger partial charge in [-0.3, -0.25) is 4.79 Å². The van der Waals surface area contributed by atoms with E-state index in [0.717, 1.165) is 31.4 Å². The molecule has 3 heterocycles. The summed E-state index contributed by atoms with van der Waals surface area (Å²) in [6.07, 6.45) is 10.9. The quantitative estimate of drug-likeness (QED) is 0.776. The first-order valence-electron chi connectivity index (χ1n) is 9.68. The van der Waals surface area contributed by atoms with Crippen molar-refractivity contribution in [3.63, 3.8) is 0 Å². The molecule has 2 aliphatic heterocycles. The summed E-state index contributed by atoms with van der Waals surface area (Å²) in [7, 11) is 0. The third-order valence-electron chi connectivity index (χ3n) is 5.57. The van der Waals surface area contributed by atoms with Crippen LogP contribution in [0.5, 0.6) is 6.01 Å². The van der Waals surface area contributed by atoms with E-state index in [0.29, 0.717) is 32.1 Å². The van der Waals surface area contributed by atoms with Crippen LogP contribution in [0.4, 0.5) is 0 Å². The van der Waals surface area contributed by atoms with E-state index in [1.807, 2.05) is 17.9 Å². The minimum Gasteiger partial charge on any atom is -0.460 e. The van der Waals surface area contributed by atoms with Gasteiger partial charge in [0, 0.05) is 31.2 Å². The highest BCUT2D eigenvalue weighted by atomic mass is 16.5. The third-order valence-corrected chi connectivity index (χ3v) is 5.57. The lowest BCUT2D eigenvalue weighted by molar-refractivity contribution is -0.193. The largest absolute Gasteiger partial charge is 0.460 e. The second kappa shape index (κ2) is 7.35. The summed E-state index contributed by atoms with van der Waals surface area (Å²) < 4.78 is 12.0. The normalized spacial score (nSPS) is 24.7. The van der Waals surface area contributed by atoms with E-state index in [4.69, 9.17) is 9.47 Å². The number of hydrogen-bond donors (Lipinski definition) is 0. The molecule has 0 aromatic carbocycles. The number of nitrogens with zero attached hydrogens (tertiary/aromatic N) is 3. The van der Waals surface area contributed by atoms with Crippen LogP contribution in [0.25, 0.3) is 0 Å². The van der Waals surface area contributed by atoms with E-state index in [1.54, 1.807) is 6.20 Å². The van der Waals surface area contributed by atoms with Gasteiger partial charge in [0.25, 0.3) is 0 Å². The van der Waals surface area contributed by atoms with Gasteiger partial charge >= 0.3 is 6.01 Å². The van der Waals surface area contributed by atoms with Gasteiger partial charge in [-0.2, -0.15) is 0 Å². The topological polar surface area (TPSA) is 64.6 Å². The fourth-order valence-corrected chi connectivity index (χ4v) is 4.13. The number of rotatable bonds is 4. The number of ether oxygens (including phenoxy) is 2. The van der Waals surface area contributed by atoms with Crippen LogP contribution in [-0.2, 0) is 9.53 Å². The SMILES string of the molecule is Cc1ccnc(O[C@@H]2CCOC3(C2)CN(C(=O)CC2=CCCCC2)C3)n1. The number of aryl methyl sites for hydroxylation is 1. The summed E-state index contributed by atoms with van der Waals surface area (Å²) >= 11 is 0. The highest BCUT2D eigenvalue weighted by Gasteiger charge is 2.49. The molecule has 0 N–H and O–H groups in total. The lowest BCUT2D eigenvalue weighted by Gasteiger charge is -2.52. The van der Waals surface area contributed by atoms with Gasteiger partial charge in [0.1, 0.15) is 11.7 Å². The molecule has 26 heavy (non-hydrogen) atoms. The molecule has 0 saturated carbocycles. The minimum absolute atomic E-state index is 0.0452. The molecule has 1 aromatic heterocycles. The Bertz CT molecular complexity index is 697. The van der Waals surface area contributed by atoms with Crippen molar-refractivity contribution in [1.29, 1.82) is 0 Å². The Balaban J connectivity index is 1.30. The zero-order chi connectivity index (χ0) is 18.0. The smallest absolute Gasteiger partial charge is 0.316 e. The van der Waals surface area contributed by atoms with Crippen LogP contribution in [0.1, 0.15) is 50.6 Å². The lowest BCUT2D eigenvalue weighted by Crippen LogP contribution is -2.67. The number of hydrogen-bond acceptors (Lipinski definition) is 5. The average Bonchev–Trinajstić information content (AvgIpc) is 2.60. The predicted molar refractivity (Wildman–Crippen MR) is 96.9 cm³/mol. The molecule has 140 valence electrons. The predicted octanol–water partition coefficient (Wildman–Crippen LogP) is 2.81. The maximum absolute atomic E-state index is 12.5. The van der Waals surface area contributed by atoms with E-state index >= 15 is 0 Å². The second-order valence-electron chi connectivity index (χ2n) is 7.78. The van der Waals surface area contributed by atoms with Crippen molar-refractivity contribution in [2.45, 2.75) is 63.6 Å². The molecule has 6 heteroatoms. The van der Waals surface area contributed by atoms with Gasteiger partial charge in [-0.25, -0.2) is 9.97 Å². The summed E-state index contributed by atoms with van der Waals surface area (Å²) in [5.74, 6) is 0.234. The van der Waals surface area contributed by atoms with Crippen molar-refractivity contribution in [3.8, 4) is 6.01 Å². The molecule has 1 aromatic rings.